The van der Waals surface area contributed by atoms with Crippen molar-refractivity contribution in [3.05, 3.63) is 22.2 Å². The van der Waals surface area contributed by atoms with Crippen molar-refractivity contribution in [2.75, 3.05) is 25.5 Å². The average molecular weight is 387 g/mol. The number of benzene rings is 1. The number of nitrogens with zero attached hydrogens (tertiary/aromatic N) is 1. The second kappa shape index (κ2) is 8.43. The Morgan fingerprint density at radius 2 is 2.00 bits per heavy atom. The molecular formula is C15H19BrN2O3S. The molecule has 0 saturated heterocycles. The molecular weight excluding hydrogens is 368 g/mol. The van der Waals surface area contributed by atoms with Crippen LogP contribution in [0.5, 0.6) is 11.5 Å². The van der Waals surface area contributed by atoms with Gasteiger partial charge in [-0.05, 0) is 31.5 Å². The zero-order valence-electron chi connectivity index (χ0n) is 12.6. The van der Waals surface area contributed by atoms with Crippen LogP contribution in [-0.4, -0.2) is 36.6 Å². The molecule has 120 valence electrons. The smallest absolute Gasteiger partial charge is 0.230 e. The first-order valence-corrected chi connectivity index (χ1v) is 8.97. The van der Waals surface area contributed by atoms with Gasteiger partial charge in [-0.15, -0.1) is 0 Å². The van der Waals surface area contributed by atoms with Gasteiger partial charge in [0.05, 0.1) is 26.2 Å². The van der Waals surface area contributed by atoms with E-state index in [1.807, 2.05) is 26.0 Å². The molecule has 2 rings (SSSR count). The molecule has 1 aromatic carbocycles. The zero-order chi connectivity index (χ0) is 15.9. The van der Waals surface area contributed by atoms with Crippen molar-refractivity contribution in [3.63, 3.8) is 0 Å². The van der Waals surface area contributed by atoms with E-state index < -0.39 is 0 Å². The molecule has 0 bridgehead atoms. The Morgan fingerprint density at radius 3 is 2.59 bits per heavy atom. The van der Waals surface area contributed by atoms with Gasteiger partial charge in [0.25, 0.3) is 0 Å². The summed E-state index contributed by atoms with van der Waals surface area (Å²) in [6.45, 7) is 5.70. The quantitative estimate of drug-likeness (QED) is 0.815. The SMILES string of the molecule is CCOc1cc(Br)c(CC(=O)NC2=NCCS2)cc1OCC. The van der Waals surface area contributed by atoms with E-state index in [9.17, 15) is 4.79 Å². The Bertz CT molecular complexity index is 578. The minimum absolute atomic E-state index is 0.0829. The van der Waals surface area contributed by atoms with Gasteiger partial charge in [-0.1, -0.05) is 27.7 Å². The first kappa shape index (κ1) is 17.1. The lowest BCUT2D eigenvalue weighted by molar-refractivity contribution is -0.119. The van der Waals surface area contributed by atoms with Gasteiger partial charge in [0.15, 0.2) is 16.7 Å². The normalized spacial score (nSPS) is 13.7. The minimum Gasteiger partial charge on any atom is -0.490 e. The highest BCUT2D eigenvalue weighted by molar-refractivity contribution is 9.10. The van der Waals surface area contributed by atoms with Crippen molar-refractivity contribution in [2.24, 2.45) is 4.99 Å². The van der Waals surface area contributed by atoms with E-state index in [-0.39, 0.29) is 12.3 Å². The first-order valence-electron chi connectivity index (χ1n) is 7.19. The van der Waals surface area contributed by atoms with E-state index in [1.165, 1.54) is 0 Å². The number of thioether (sulfide) groups is 1. The number of ether oxygens (including phenoxy) is 2. The second-order valence-corrected chi connectivity index (χ2v) is 6.45. The summed E-state index contributed by atoms with van der Waals surface area (Å²) >= 11 is 5.06. The van der Waals surface area contributed by atoms with Crippen LogP contribution in [0.3, 0.4) is 0 Å². The van der Waals surface area contributed by atoms with Gasteiger partial charge >= 0.3 is 0 Å². The molecule has 1 aromatic rings. The molecule has 0 spiro atoms. The third-order valence-electron chi connectivity index (χ3n) is 2.90. The number of amides is 1. The van der Waals surface area contributed by atoms with Crippen LogP contribution < -0.4 is 14.8 Å². The number of hydrogen-bond donors (Lipinski definition) is 1. The highest BCUT2D eigenvalue weighted by Crippen LogP contribution is 2.34. The number of carbonyl (C=O) groups is 1. The minimum atomic E-state index is -0.0829. The summed E-state index contributed by atoms with van der Waals surface area (Å²) < 4.78 is 12.0. The molecule has 5 nitrogen and oxygen atoms in total. The van der Waals surface area contributed by atoms with Crippen molar-refractivity contribution >= 4 is 38.8 Å². The topological polar surface area (TPSA) is 59.9 Å². The largest absolute Gasteiger partial charge is 0.490 e. The average Bonchev–Trinajstić information content (AvgIpc) is 2.97. The molecule has 0 aliphatic carbocycles. The van der Waals surface area contributed by atoms with Gasteiger partial charge in [0.1, 0.15) is 0 Å². The van der Waals surface area contributed by atoms with Gasteiger partial charge < -0.3 is 14.8 Å². The third kappa shape index (κ3) is 4.64. The van der Waals surface area contributed by atoms with E-state index in [0.29, 0.717) is 29.9 Å². The van der Waals surface area contributed by atoms with Crippen LogP contribution in [0.4, 0.5) is 0 Å². The van der Waals surface area contributed by atoms with E-state index in [1.54, 1.807) is 11.8 Å². The molecule has 1 N–H and O–H groups in total. The van der Waals surface area contributed by atoms with Crippen molar-refractivity contribution in [3.8, 4) is 11.5 Å². The molecule has 0 fully saturated rings. The molecule has 1 heterocycles. The van der Waals surface area contributed by atoms with E-state index in [4.69, 9.17) is 9.47 Å². The van der Waals surface area contributed by atoms with E-state index in [2.05, 4.69) is 26.2 Å². The number of carbonyl (C=O) groups excluding carboxylic acids is 1. The summed E-state index contributed by atoms with van der Waals surface area (Å²) in [7, 11) is 0. The van der Waals surface area contributed by atoms with Gasteiger partial charge in [0, 0.05) is 10.2 Å². The van der Waals surface area contributed by atoms with Gasteiger partial charge in [-0.2, -0.15) is 0 Å². The van der Waals surface area contributed by atoms with Crippen LogP contribution in [-0.2, 0) is 11.2 Å². The van der Waals surface area contributed by atoms with Gasteiger partial charge in [0.2, 0.25) is 5.91 Å². The zero-order valence-corrected chi connectivity index (χ0v) is 15.1. The molecule has 0 unspecified atom stereocenters. The van der Waals surface area contributed by atoms with Crippen LogP contribution in [0.15, 0.2) is 21.6 Å². The van der Waals surface area contributed by atoms with Crippen LogP contribution in [0.2, 0.25) is 0 Å². The van der Waals surface area contributed by atoms with E-state index >= 15 is 0 Å². The molecule has 1 amide bonds. The Morgan fingerprint density at radius 1 is 1.32 bits per heavy atom. The van der Waals surface area contributed by atoms with Crippen LogP contribution >= 0.6 is 27.7 Å². The molecule has 1 aliphatic rings. The first-order chi connectivity index (χ1) is 10.6. The number of halogens is 1. The summed E-state index contributed by atoms with van der Waals surface area (Å²) in [5.41, 5.74) is 0.855. The summed E-state index contributed by atoms with van der Waals surface area (Å²) in [6, 6.07) is 3.70. The van der Waals surface area contributed by atoms with Crippen molar-refractivity contribution in [2.45, 2.75) is 20.3 Å². The Hall–Kier alpha value is -1.21. The fraction of sp³-hybridized carbons (Fsp3) is 0.467. The monoisotopic (exact) mass is 386 g/mol. The lowest BCUT2D eigenvalue weighted by Gasteiger charge is -2.14. The maximum Gasteiger partial charge on any atom is 0.230 e. The van der Waals surface area contributed by atoms with Crippen LogP contribution in [0.25, 0.3) is 0 Å². The van der Waals surface area contributed by atoms with Crippen molar-refractivity contribution in [1.82, 2.24) is 5.32 Å². The molecule has 7 heteroatoms. The summed E-state index contributed by atoms with van der Waals surface area (Å²) in [5.74, 6) is 2.18. The number of hydrogen-bond acceptors (Lipinski definition) is 5. The maximum atomic E-state index is 12.1. The highest BCUT2D eigenvalue weighted by atomic mass is 79.9. The standard InChI is InChI=1S/C15H19BrN2O3S/c1-3-20-12-7-10(11(16)9-13(12)21-4-2)8-14(19)18-15-17-5-6-22-15/h7,9H,3-6,8H2,1-2H3,(H,17,18,19). The Kier molecular flexibility index (Phi) is 6.57. The Labute approximate surface area is 143 Å². The molecule has 22 heavy (non-hydrogen) atoms. The summed E-state index contributed by atoms with van der Waals surface area (Å²) in [6.07, 6.45) is 0.257. The van der Waals surface area contributed by atoms with Crippen LogP contribution in [0.1, 0.15) is 19.4 Å². The van der Waals surface area contributed by atoms with Gasteiger partial charge in [-0.3, -0.25) is 9.79 Å². The molecule has 0 aromatic heterocycles. The molecule has 1 aliphatic heterocycles. The molecule has 0 atom stereocenters. The number of aliphatic imine (C=N–C) groups is 1. The lowest BCUT2D eigenvalue weighted by Crippen LogP contribution is -2.28. The number of amidine groups is 1. The summed E-state index contributed by atoms with van der Waals surface area (Å²) in [4.78, 5) is 16.3. The predicted molar refractivity (Wildman–Crippen MR) is 93.1 cm³/mol. The summed E-state index contributed by atoms with van der Waals surface area (Å²) in [5, 5.41) is 3.53. The van der Waals surface area contributed by atoms with Crippen molar-refractivity contribution in [1.29, 1.82) is 0 Å². The highest BCUT2D eigenvalue weighted by Gasteiger charge is 2.15. The van der Waals surface area contributed by atoms with Crippen molar-refractivity contribution < 1.29 is 14.3 Å². The molecule has 0 saturated carbocycles. The molecule has 0 radical (unpaired) electrons. The maximum absolute atomic E-state index is 12.1. The lowest BCUT2D eigenvalue weighted by atomic mass is 10.1. The Balaban J connectivity index is 2.11. The number of rotatable bonds is 6. The second-order valence-electron chi connectivity index (χ2n) is 4.52. The van der Waals surface area contributed by atoms with Gasteiger partial charge in [-0.25, -0.2) is 0 Å². The van der Waals surface area contributed by atoms with Crippen LogP contribution in [0, 0.1) is 0 Å². The predicted octanol–water partition coefficient (Wildman–Crippen LogP) is 3.01. The van der Waals surface area contributed by atoms with E-state index in [0.717, 1.165) is 22.3 Å². The fourth-order valence-electron chi connectivity index (χ4n) is 2.00. The third-order valence-corrected chi connectivity index (χ3v) is 4.52. The fourth-order valence-corrected chi connectivity index (χ4v) is 3.20. The number of nitrogens with one attached hydrogen (secondary N) is 1.